The van der Waals surface area contributed by atoms with Crippen molar-refractivity contribution in [1.29, 1.82) is 0 Å². The van der Waals surface area contributed by atoms with Gasteiger partial charge in [0, 0.05) is 21.4 Å². The summed E-state index contributed by atoms with van der Waals surface area (Å²) in [6, 6.07) is 5.21. The molecule has 0 aromatic heterocycles. The molecule has 1 aromatic rings. The van der Waals surface area contributed by atoms with Gasteiger partial charge < -0.3 is 5.32 Å². The predicted octanol–water partition coefficient (Wildman–Crippen LogP) is 4.64. The molecule has 1 N–H and O–H groups in total. The Bertz CT molecular complexity index is 412. The summed E-state index contributed by atoms with van der Waals surface area (Å²) < 4.78 is 0.762. The molecule has 1 amide bonds. The first-order chi connectivity index (χ1) is 8.58. The molecule has 100 valence electrons. The first-order valence-corrected chi connectivity index (χ1v) is 8.17. The van der Waals surface area contributed by atoms with E-state index >= 15 is 0 Å². The summed E-state index contributed by atoms with van der Waals surface area (Å²) in [6.45, 7) is 2.83. The van der Waals surface area contributed by atoms with Crippen molar-refractivity contribution in [3.05, 3.63) is 33.3 Å². The van der Waals surface area contributed by atoms with Gasteiger partial charge in [-0.15, -0.1) is 0 Å². The first-order valence-electron chi connectivity index (χ1n) is 5.87. The number of carbonyl (C=O) groups is 1. The highest BCUT2D eigenvalue weighted by atomic mass is 79.9. The number of carbonyl (C=O) groups excluding carboxylic acids is 1. The van der Waals surface area contributed by atoms with E-state index in [0.29, 0.717) is 23.0 Å². The Hall–Kier alpha value is -0.0600. The van der Waals surface area contributed by atoms with Gasteiger partial charge in [0.1, 0.15) is 0 Å². The van der Waals surface area contributed by atoms with Crippen molar-refractivity contribution in [2.24, 2.45) is 5.92 Å². The van der Waals surface area contributed by atoms with E-state index in [1.54, 1.807) is 18.2 Å². The highest BCUT2D eigenvalue weighted by Crippen LogP contribution is 2.21. The van der Waals surface area contributed by atoms with Crippen LogP contribution in [-0.4, -0.2) is 17.8 Å². The van der Waals surface area contributed by atoms with Crippen LogP contribution in [0.5, 0.6) is 0 Å². The molecule has 18 heavy (non-hydrogen) atoms. The van der Waals surface area contributed by atoms with Crippen molar-refractivity contribution in [2.75, 3.05) is 11.9 Å². The quantitative estimate of drug-likeness (QED) is 0.696. The Kier molecular flexibility index (Phi) is 7.27. The summed E-state index contributed by atoms with van der Waals surface area (Å²) in [6.07, 6.45) is 2.12. The average molecular weight is 398 g/mol. The Labute approximate surface area is 130 Å². The molecule has 0 saturated heterocycles. The molecule has 0 radical (unpaired) electrons. The van der Waals surface area contributed by atoms with Crippen LogP contribution in [0.25, 0.3) is 0 Å². The molecule has 0 spiro atoms. The van der Waals surface area contributed by atoms with Crippen molar-refractivity contribution in [3.63, 3.8) is 0 Å². The van der Waals surface area contributed by atoms with Crippen LogP contribution in [0.3, 0.4) is 0 Å². The van der Waals surface area contributed by atoms with Crippen molar-refractivity contribution < 1.29 is 4.79 Å². The summed E-state index contributed by atoms with van der Waals surface area (Å²) in [5, 5.41) is 4.48. The third-order valence-electron chi connectivity index (χ3n) is 2.82. The van der Waals surface area contributed by atoms with E-state index in [2.05, 4.69) is 44.1 Å². The van der Waals surface area contributed by atoms with E-state index in [1.807, 2.05) is 0 Å². The monoisotopic (exact) mass is 395 g/mol. The zero-order chi connectivity index (χ0) is 13.5. The van der Waals surface area contributed by atoms with Crippen molar-refractivity contribution in [1.82, 2.24) is 5.32 Å². The van der Waals surface area contributed by atoms with Gasteiger partial charge in [-0.05, 0) is 46.5 Å². The fourth-order valence-electron chi connectivity index (χ4n) is 1.61. The van der Waals surface area contributed by atoms with Crippen LogP contribution in [0, 0.1) is 5.92 Å². The highest BCUT2D eigenvalue weighted by molar-refractivity contribution is 9.10. The Balaban J connectivity index is 2.62. The van der Waals surface area contributed by atoms with E-state index in [0.717, 1.165) is 22.6 Å². The van der Waals surface area contributed by atoms with Gasteiger partial charge in [0.15, 0.2) is 0 Å². The summed E-state index contributed by atoms with van der Waals surface area (Å²) in [5.74, 6) is 0.420. The largest absolute Gasteiger partial charge is 0.352 e. The van der Waals surface area contributed by atoms with Crippen LogP contribution >= 0.6 is 43.5 Å². The number of halogens is 3. The van der Waals surface area contributed by atoms with E-state index in [9.17, 15) is 4.79 Å². The second kappa shape index (κ2) is 8.18. The normalized spacial score (nSPS) is 12.2. The number of hydrogen-bond acceptors (Lipinski definition) is 1. The molecular weight excluding hydrogens is 381 g/mol. The summed E-state index contributed by atoms with van der Waals surface area (Å²) in [4.78, 5) is 12.0. The molecule has 1 rings (SSSR count). The smallest absolute Gasteiger partial charge is 0.252 e. The van der Waals surface area contributed by atoms with Gasteiger partial charge >= 0.3 is 0 Å². The first kappa shape index (κ1) is 16.0. The van der Waals surface area contributed by atoms with Gasteiger partial charge in [-0.2, -0.15) is 0 Å². The summed E-state index contributed by atoms with van der Waals surface area (Å²) >= 11 is 12.7. The van der Waals surface area contributed by atoms with Gasteiger partial charge in [0.25, 0.3) is 5.91 Å². The minimum Gasteiger partial charge on any atom is -0.352 e. The van der Waals surface area contributed by atoms with E-state index < -0.39 is 0 Å². The Morgan fingerprint density at radius 1 is 1.50 bits per heavy atom. The van der Waals surface area contributed by atoms with Crippen molar-refractivity contribution in [2.45, 2.75) is 19.8 Å². The van der Waals surface area contributed by atoms with Crippen molar-refractivity contribution >= 4 is 49.4 Å². The molecular formula is C13H16Br2ClNO. The fourth-order valence-corrected chi connectivity index (χ4v) is 2.85. The number of rotatable bonds is 6. The second-order valence-corrected chi connectivity index (χ2v) is 6.17. The van der Waals surface area contributed by atoms with Gasteiger partial charge in [0.05, 0.1) is 5.56 Å². The van der Waals surface area contributed by atoms with Crippen LogP contribution in [0.1, 0.15) is 30.1 Å². The third-order valence-corrected chi connectivity index (χ3v) is 4.20. The molecule has 0 aliphatic carbocycles. The van der Waals surface area contributed by atoms with Gasteiger partial charge in [-0.1, -0.05) is 40.9 Å². The molecule has 0 aliphatic heterocycles. The van der Waals surface area contributed by atoms with E-state index in [-0.39, 0.29) is 5.91 Å². The van der Waals surface area contributed by atoms with Crippen LogP contribution in [0.4, 0.5) is 0 Å². The molecule has 0 saturated carbocycles. The van der Waals surface area contributed by atoms with Gasteiger partial charge in [-0.25, -0.2) is 0 Å². The number of nitrogens with one attached hydrogen (secondary N) is 1. The Morgan fingerprint density at radius 2 is 2.22 bits per heavy atom. The molecule has 0 heterocycles. The van der Waals surface area contributed by atoms with Gasteiger partial charge in [0.2, 0.25) is 0 Å². The minimum atomic E-state index is -0.0857. The highest BCUT2D eigenvalue weighted by Gasteiger charge is 2.12. The zero-order valence-electron chi connectivity index (χ0n) is 10.2. The number of benzene rings is 1. The SMILES string of the molecule is CCC(CCBr)CNC(=O)c1cc(Cl)ccc1Br. The van der Waals surface area contributed by atoms with Crippen LogP contribution in [0.15, 0.2) is 22.7 Å². The molecule has 0 fully saturated rings. The maximum atomic E-state index is 12.0. The molecule has 0 aliphatic rings. The van der Waals surface area contributed by atoms with Crippen LogP contribution in [0.2, 0.25) is 5.02 Å². The number of amides is 1. The van der Waals surface area contributed by atoms with E-state index in [1.165, 1.54) is 0 Å². The molecule has 0 bridgehead atoms. The van der Waals surface area contributed by atoms with Crippen LogP contribution in [-0.2, 0) is 0 Å². The number of alkyl halides is 1. The lowest BCUT2D eigenvalue weighted by Crippen LogP contribution is -2.29. The lowest BCUT2D eigenvalue weighted by Gasteiger charge is -2.14. The fraction of sp³-hybridized carbons (Fsp3) is 0.462. The lowest BCUT2D eigenvalue weighted by atomic mass is 10.0. The predicted molar refractivity (Wildman–Crippen MR) is 83.7 cm³/mol. The second-order valence-electron chi connectivity index (χ2n) is 4.09. The summed E-state index contributed by atoms with van der Waals surface area (Å²) in [5.41, 5.74) is 0.580. The summed E-state index contributed by atoms with van der Waals surface area (Å²) in [7, 11) is 0. The standard InChI is InChI=1S/C13H16Br2ClNO/c1-2-9(5-6-14)8-17-13(18)11-7-10(16)3-4-12(11)15/h3-4,7,9H,2,5-6,8H2,1H3,(H,17,18). The lowest BCUT2D eigenvalue weighted by molar-refractivity contribution is 0.0945. The van der Waals surface area contributed by atoms with E-state index in [4.69, 9.17) is 11.6 Å². The molecule has 2 nitrogen and oxygen atoms in total. The molecule has 1 unspecified atom stereocenters. The molecule has 1 atom stereocenters. The third kappa shape index (κ3) is 4.90. The zero-order valence-corrected chi connectivity index (χ0v) is 14.1. The average Bonchev–Trinajstić information content (AvgIpc) is 2.37. The maximum Gasteiger partial charge on any atom is 0.252 e. The van der Waals surface area contributed by atoms with Gasteiger partial charge in [-0.3, -0.25) is 4.79 Å². The van der Waals surface area contributed by atoms with Crippen molar-refractivity contribution in [3.8, 4) is 0 Å². The maximum absolute atomic E-state index is 12.0. The molecule has 1 aromatic carbocycles. The number of hydrogen-bond donors (Lipinski definition) is 1. The Morgan fingerprint density at radius 3 is 2.83 bits per heavy atom. The topological polar surface area (TPSA) is 29.1 Å². The molecule has 5 heteroatoms. The minimum absolute atomic E-state index is 0.0857. The van der Waals surface area contributed by atoms with Crippen LogP contribution < -0.4 is 5.32 Å².